The van der Waals surface area contributed by atoms with E-state index in [1.165, 1.54) is 6.07 Å². The van der Waals surface area contributed by atoms with Gasteiger partial charge in [0, 0.05) is 23.3 Å². The van der Waals surface area contributed by atoms with Crippen molar-refractivity contribution in [1.29, 1.82) is 5.26 Å². The van der Waals surface area contributed by atoms with Gasteiger partial charge >= 0.3 is 0 Å². The zero-order valence-corrected chi connectivity index (χ0v) is 17.9. The molecule has 7 heteroatoms. The van der Waals surface area contributed by atoms with Gasteiger partial charge in [0.1, 0.15) is 5.70 Å². The molecule has 2 amide bonds. The van der Waals surface area contributed by atoms with E-state index >= 15 is 0 Å². The van der Waals surface area contributed by atoms with Crippen LogP contribution in [-0.2, 0) is 9.59 Å². The minimum Gasteiger partial charge on any atom is -0.339 e. The number of anilines is 2. The predicted molar refractivity (Wildman–Crippen MR) is 122 cm³/mol. The number of imide groups is 1. The topological polar surface area (TPSA) is 64.4 Å². The second-order valence-electron chi connectivity index (χ2n) is 6.85. The van der Waals surface area contributed by atoms with Crippen LogP contribution in [0.25, 0.3) is 5.57 Å². The van der Waals surface area contributed by atoms with Crippen molar-refractivity contribution in [2.45, 2.75) is 0 Å². The van der Waals surface area contributed by atoms with Crippen LogP contribution in [0, 0.1) is 11.3 Å². The summed E-state index contributed by atoms with van der Waals surface area (Å²) in [5.74, 6) is -0.987. The highest BCUT2D eigenvalue weighted by Crippen LogP contribution is 2.39. The lowest BCUT2D eigenvalue weighted by atomic mass is 10.0. The first-order valence-electron chi connectivity index (χ1n) is 9.30. The van der Waals surface area contributed by atoms with Gasteiger partial charge in [-0.1, -0.05) is 47.5 Å². The molecule has 1 aliphatic heterocycles. The number of amides is 2. The van der Waals surface area contributed by atoms with Gasteiger partial charge in [-0.05, 0) is 48.5 Å². The van der Waals surface area contributed by atoms with E-state index in [2.05, 4.69) is 0 Å². The summed E-state index contributed by atoms with van der Waals surface area (Å²) >= 11 is 12.5. The zero-order valence-electron chi connectivity index (χ0n) is 16.3. The third-order valence-corrected chi connectivity index (χ3v) is 5.54. The number of nitrogens with zero attached hydrogens (tertiary/aromatic N) is 3. The lowest BCUT2D eigenvalue weighted by Gasteiger charge is -2.21. The smallest absolute Gasteiger partial charge is 0.282 e. The molecule has 152 valence electrons. The number of nitriles is 1. The molecule has 0 aromatic heterocycles. The van der Waals surface area contributed by atoms with Crippen molar-refractivity contribution < 1.29 is 9.59 Å². The van der Waals surface area contributed by atoms with Gasteiger partial charge in [0.2, 0.25) is 0 Å². The number of hydrogen-bond acceptors (Lipinski definition) is 4. The number of carbonyl (C=O) groups excluding carboxylic acids is 2. The fourth-order valence-corrected chi connectivity index (χ4v) is 3.97. The summed E-state index contributed by atoms with van der Waals surface area (Å²) in [6, 6.07) is 22.3. The van der Waals surface area contributed by atoms with Crippen molar-refractivity contribution in [2.75, 3.05) is 16.8 Å². The second-order valence-corrected chi connectivity index (χ2v) is 7.69. The Balaban J connectivity index is 1.89. The highest BCUT2D eigenvalue weighted by atomic mass is 35.5. The first-order valence-corrected chi connectivity index (χ1v) is 10.1. The highest BCUT2D eigenvalue weighted by Gasteiger charge is 2.42. The Hall–Kier alpha value is -3.59. The third-order valence-electron chi connectivity index (χ3n) is 4.99. The van der Waals surface area contributed by atoms with E-state index in [9.17, 15) is 9.59 Å². The van der Waals surface area contributed by atoms with Gasteiger partial charge in [-0.2, -0.15) is 5.26 Å². The van der Waals surface area contributed by atoms with Crippen molar-refractivity contribution in [1.82, 2.24) is 0 Å². The fourth-order valence-electron chi connectivity index (χ4n) is 3.46. The number of hydrogen-bond donors (Lipinski definition) is 0. The molecule has 3 aromatic carbocycles. The van der Waals surface area contributed by atoms with Crippen LogP contribution in [0.15, 0.2) is 78.5 Å². The minimum atomic E-state index is -0.503. The Morgan fingerprint density at radius 1 is 0.903 bits per heavy atom. The maximum absolute atomic E-state index is 13.5. The molecule has 0 saturated heterocycles. The maximum Gasteiger partial charge on any atom is 0.282 e. The predicted octanol–water partition coefficient (Wildman–Crippen LogP) is 5.29. The fraction of sp³-hybridized carbons (Fsp3) is 0.0417. The normalized spacial score (nSPS) is 13.5. The molecule has 0 radical (unpaired) electrons. The summed E-state index contributed by atoms with van der Waals surface area (Å²) in [5.41, 5.74) is 2.33. The Bertz CT molecular complexity index is 1260. The van der Waals surface area contributed by atoms with Crippen LogP contribution in [0.5, 0.6) is 0 Å². The number of para-hydroxylation sites is 1. The van der Waals surface area contributed by atoms with Crippen molar-refractivity contribution >= 4 is 52.0 Å². The lowest BCUT2D eigenvalue weighted by Crippen LogP contribution is -2.34. The lowest BCUT2D eigenvalue weighted by molar-refractivity contribution is -0.120. The molecular weight excluding hydrogens is 433 g/mol. The minimum absolute atomic E-state index is 0.183. The molecule has 0 saturated carbocycles. The average Bonchev–Trinajstić information content (AvgIpc) is 3.04. The molecule has 1 heterocycles. The van der Waals surface area contributed by atoms with Gasteiger partial charge in [-0.3, -0.25) is 9.59 Å². The Morgan fingerprint density at radius 3 is 2.19 bits per heavy atom. The number of carbonyl (C=O) groups is 2. The summed E-state index contributed by atoms with van der Waals surface area (Å²) < 4.78 is 0. The van der Waals surface area contributed by atoms with Gasteiger partial charge < -0.3 is 4.90 Å². The van der Waals surface area contributed by atoms with E-state index in [4.69, 9.17) is 28.5 Å². The summed E-state index contributed by atoms with van der Waals surface area (Å²) in [6.07, 6.45) is 0. The largest absolute Gasteiger partial charge is 0.339 e. The van der Waals surface area contributed by atoms with Crippen LogP contribution < -0.4 is 9.80 Å². The van der Waals surface area contributed by atoms with Crippen LogP contribution in [0.2, 0.25) is 10.0 Å². The van der Waals surface area contributed by atoms with Crippen molar-refractivity contribution in [2.24, 2.45) is 0 Å². The highest BCUT2D eigenvalue weighted by molar-refractivity contribution is 6.48. The third kappa shape index (κ3) is 3.68. The Labute approximate surface area is 189 Å². The number of likely N-dealkylation sites (N-methyl/N-ethyl adjacent to an activating group) is 1. The average molecular weight is 448 g/mol. The molecule has 0 bridgehead atoms. The molecule has 0 fully saturated rings. The summed E-state index contributed by atoms with van der Waals surface area (Å²) in [4.78, 5) is 29.8. The van der Waals surface area contributed by atoms with Crippen LogP contribution in [0.4, 0.5) is 11.4 Å². The van der Waals surface area contributed by atoms with E-state index in [0.717, 1.165) is 10.6 Å². The Kier molecular flexibility index (Phi) is 5.51. The molecule has 0 unspecified atom stereocenters. The van der Waals surface area contributed by atoms with E-state index in [1.807, 2.05) is 36.4 Å². The molecule has 31 heavy (non-hydrogen) atoms. The Morgan fingerprint density at radius 2 is 1.58 bits per heavy atom. The molecular formula is C24H15Cl2N3O2. The van der Waals surface area contributed by atoms with Crippen molar-refractivity contribution in [3.63, 3.8) is 0 Å². The number of rotatable bonds is 4. The summed E-state index contributed by atoms with van der Waals surface area (Å²) in [7, 11) is 1.72. The van der Waals surface area contributed by atoms with E-state index in [0.29, 0.717) is 21.8 Å². The van der Waals surface area contributed by atoms with Crippen LogP contribution in [0.1, 0.15) is 11.1 Å². The van der Waals surface area contributed by atoms with Gasteiger partial charge in [0.25, 0.3) is 11.8 Å². The van der Waals surface area contributed by atoms with Gasteiger partial charge in [0.15, 0.2) is 0 Å². The summed E-state index contributed by atoms with van der Waals surface area (Å²) in [5, 5.41) is 9.74. The van der Waals surface area contributed by atoms with E-state index in [1.54, 1.807) is 48.3 Å². The van der Waals surface area contributed by atoms with Crippen molar-refractivity contribution in [3.8, 4) is 6.07 Å². The monoisotopic (exact) mass is 447 g/mol. The SMILES string of the molecule is CN(C1=C(c2ccc(Cl)cc2Cl)C(=O)N(c2ccc(C#N)cc2)C1=O)c1ccccc1. The van der Waals surface area contributed by atoms with Crippen LogP contribution in [-0.4, -0.2) is 18.9 Å². The molecule has 0 aliphatic carbocycles. The second kappa shape index (κ2) is 8.27. The molecule has 0 atom stereocenters. The van der Waals surface area contributed by atoms with Gasteiger partial charge in [0.05, 0.1) is 27.9 Å². The van der Waals surface area contributed by atoms with Crippen molar-refractivity contribution in [3.05, 3.63) is 99.7 Å². The van der Waals surface area contributed by atoms with Gasteiger partial charge in [-0.15, -0.1) is 0 Å². The van der Waals surface area contributed by atoms with E-state index < -0.39 is 11.8 Å². The van der Waals surface area contributed by atoms with Crippen LogP contribution >= 0.6 is 23.2 Å². The van der Waals surface area contributed by atoms with E-state index in [-0.39, 0.29) is 16.3 Å². The molecule has 0 spiro atoms. The molecule has 5 nitrogen and oxygen atoms in total. The van der Waals surface area contributed by atoms with Gasteiger partial charge in [-0.25, -0.2) is 4.90 Å². The molecule has 4 rings (SSSR count). The first-order chi connectivity index (χ1) is 14.9. The maximum atomic E-state index is 13.5. The molecule has 1 aliphatic rings. The first kappa shape index (κ1) is 20.7. The quantitative estimate of drug-likeness (QED) is 0.509. The standard InChI is InChI=1S/C24H15Cl2N3O2/c1-28(17-5-3-2-4-6-17)22-21(19-12-9-16(25)13-20(19)26)23(30)29(24(22)31)18-10-7-15(14-27)8-11-18/h2-13H,1H3. The summed E-state index contributed by atoms with van der Waals surface area (Å²) in [6.45, 7) is 0. The molecule has 0 N–H and O–H groups in total. The number of halogens is 2. The van der Waals surface area contributed by atoms with Crippen LogP contribution in [0.3, 0.4) is 0 Å². The molecule has 3 aromatic rings. The number of benzene rings is 3. The zero-order chi connectivity index (χ0) is 22.1.